The Labute approximate surface area is 151 Å². The summed E-state index contributed by atoms with van der Waals surface area (Å²) in [5, 5.41) is 3.87. The fraction of sp³-hybridized carbons (Fsp3) is 0.278. The summed E-state index contributed by atoms with van der Waals surface area (Å²) >= 11 is 11.9. The van der Waals surface area contributed by atoms with E-state index in [0.717, 1.165) is 5.56 Å². The number of hydrogen-bond acceptors (Lipinski definition) is 2. The molecule has 2 rings (SSSR count). The number of halogens is 3. The number of hydrogen-bond donors (Lipinski definition) is 1. The van der Waals surface area contributed by atoms with Crippen molar-refractivity contribution in [1.29, 1.82) is 0 Å². The van der Waals surface area contributed by atoms with Gasteiger partial charge in [-0.1, -0.05) is 41.4 Å². The number of carbonyl (C=O) groups is 1. The normalized spacial score (nSPS) is 12.2. The zero-order valence-corrected chi connectivity index (χ0v) is 15.0. The molecular weight excluding hydrogens is 350 g/mol. The first-order chi connectivity index (χ1) is 11.4. The highest BCUT2D eigenvalue weighted by molar-refractivity contribution is 6.31. The molecule has 0 aromatic heterocycles. The molecule has 0 heterocycles. The van der Waals surface area contributed by atoms with Crippen LogP contribution in [0.15, 0.2) is 42.5 Å². The van der Waals surface area contributed by atoms with Gasteiger partial charge in [0.25, 0.3) is 0 Å². The first kappa shape index (κ1) is 18.7. The van der Waals surface area contributed by atoms with Crippen LogP contribution in [0.1, 0.15) is 18.1 Å². The Morgan fingerprint density at radius 1 is 1.21 bits per heavy atom. The molecule has 24 heavy (non-hydrogen) atoms. The number of benzene rings is 2. The Kier molecular flexibility index (Phi) is 6.60. The molecule has 0 radical (unpaired) electrons. The van der Waals surface area contributed by atoms with Crippen LogP contribution in [-0.2, 0) is 17.9 Å². The third kappa shape index (κ3) is 4.94. The Hall–Kier alpha value is -1.62. The molecule has 0 aliphatic carbocycles. The molecule has 6 heteroatoms. The van der Waals surface area contributed by atoms with Gasteiger partial charge in [0.1, 0.15) is 5.82 Å². The van der Waals surface area contributed by atoms with Gasteiger partial charge in [0.2, 0.25) is 5.91 Å². The van der Waals surface area contributed by atoms with Crippen LogP contribution in [0.4, 0.5) is 4.39 Å². The van der Waals surface area contributed by atoms with Crippen LogP contribution >= 0.6 is 23.2 Å². The minimum atomic E-state index is -0.423. The second-order valence-corrected chi connectivity index (χ2v) is 6.48. The van der Waals surface area contributed by atoms with E-state index in [1.54, 1.807) is 43.1 Å². The van der Waals surface area contributed by atoms with Crippen LogP contribution in [-0.4, -0.2) is 23.9 Å². The molecule has 0 spiro atoms. The maximum Gasteiger partial charge on any atom is 0.237 e. The highest BCUT2D eigenvalue weighted by atomic mass is 35.5. The minimum absolute atomic E-state index is 0.139. The molecule has 0 fully saturated rings. The summed E-state index contributed by atoms with van der Waals surface area (Å²) in [6, 6.07) is 11.4. The van der Waals surface area contributed by atoms with Crippen molar-refractivity contribution in [2.24, 2.45) is 0 Å². The summed E-state index contributed by atoms with van der Waals surface area (Å²) in [4.78, 5) is 14.0. The van der Waals surface area contributed by atoms with E-state index in [9.17, 15) is 9.18 Å². The maximum atomic E-state index is 13.9. The van der Waals surface area contributed by atoms with Crippen molar-refractivity contribution in [2.75, 3.05) is 7.05 Å². The summed E-state index contributed by atoms with van der Waals surface area (Å²) in [5.41, 5.74) is 1.35. The van der Waals surface area contributed by atoms with Gasteiger partial charge in [0, 0.05) is 28.7 Å². The molecule has 1 amide bonds. The summed E-state index contributed by atoms with van der Waals surface area (Å²) in [6.07, 6.45) is 0. The molecular formula is C18H19Cl2FN2O. The minimum Gasteiger partial charge on any atom is -0.351 e. The van der Waals surface area contributed by atoms with E-state index >= 15 is 0 Å². The summed E-state index contributed by atoms with van der Waals surface area (Å²) in [7, 11) is 1.76. The Balaban J connectivity index is 1.93. The van der Waals surface area contributed by atoms with Crippen LogP contribution in [0.25, 0.3) is 0 Å². The molecule has 0 saturated heterocycles. The number of likely N-dealkylation sites (N-methyl/N-ethyl adjacent to an activating group) is 1. The summed E-state index contributed by atoms with van der Waals surface area (Å²) in [5.74, 6) is -0.511. The van der Waals surface area contributed by atoms with Crippen LogP contribution in [0.3, 0.4) is 0 Å². The van der Waals surface area contributed by atoms with Crippen molar-refractivity contribution in [3.8, 4) is 0 Å². The Bertz CT molecular complexity index is 686. The highest BCUT2D eigenvalue weighted by Crippen LogP contribution is 2.21. The lowest BCUT2D eigenvalue weighted by molar-refractivity contribution is -0.125. The van der Waals surface area contributed by atoms with Gasteiger partial charge in [0.05, 0.1) is 6.04 Å². The first-order valence-corrected chi connectivity index (χ1v) is 8.29. The monoisotopic (exact) mass is 368 g/mol. The van der Waals surface area contributed by atoms with Gasteiger partial charge in [-0.15, -0.1) is 0 Å². The number of nitrogens with one attached hydrogen (secondary N) is 1. The summed E-state index contributed by atoms with van der Waals surface area (Å²) in [6.45, 7) is 2.43. The second kappa shape index (κ2) is 8.47. The van der Waals surface area contributed by atoms with E-state index in [4.69, 9.17) is 23.2 Å². The van der Waals surface area contributed by atoms with E-state index in [2.05, 4.69) is 5.32 Å². The quantitative estimate of drug-likeness (QED) is 0.825. The third-order valence-corrected chi connectivity index (χ3v) is 4.50. The number of rotatable bonds is 6. The zero-order chi connectivity index (χ0) is 17.7. The van der Waals surface area contributed by atoms with E-state index in [1.165, 1.54) is 6.07 Å². The molecule has 1 atom stereocenters. The molecule has 0 aliphatic rings. The zero-order valence-electron chi connectivity index (χ0n) is 13.5. The fourth-order valence-corrected chi connectivity index (χ4v) is 2.56. The first-order valence-electron chi connectivity index (χ1n) is 7.53. The lowest BCUT2D eigenvalue weighted by Crippen LogP contribution is -2.42. The Morgan fingerprint density at radius 2 is 1.88 bits per heavy atom. The fourth-order valence-electron chi connectivity index (χ4n) is 2.21. The average Bonchev–Trinajstić information content (AvgIpc) is 2.56. The van der Waals surface area contributed by atoms with Crippen molar-refractivity contribution in [2.45, 2.75) is 26.1 Å². The topological polar surface area (TPSA) is 32.3 Å². The van der Waals surface area contributed by atoms with Gasteiger partial charge in [-0.25, -0.2) is 4.39 Å². The average molecular weight is 369 g/mol. The van der Waals surface area contributed by atoms with Gasteiger partial charge in [-0.2, -0.15) is 0 Å². The van der Waals surface area contributed by atoms with Crippen molar-refractivity contribution in [3.05, 3.63) is 69.5 Å². The maximum absolute atomic E-state index is 13.9. The van der Waals surface area contributed by atoms with E-state index in [-0.39, 0.29) is 18.3 Å². The third-order valence-electron chi connectivity index (χ3n) is 3.89. The molecule has 1 unspecified atom stereocenters. The number of amides is 1. The molecule has 2 aromatic rings. The van der Waals surface area contributed by atoms with Gasteiger partial charge < -0.3 is 5.32 Å². The van der Waals surface area contributed by atoms with E-state index in [0.29, 0.717) is 22.2 Å². The largest absolute Gasteiger partial charge is 0.351 e. The standard InChI is InChI=1S/C18H19Cl2FN2O/c1-12(18(24)22-10-13-6-8-14(19)9-7-13)23(2)11-15-16(20)4-3-5-17(15)21/h3-9,12H,10-11H2,1-2H3,(H,22,24). The van der Waals surface area contributed by atoms with Crippen molar-refractivity contribution >= 4 is 29.1 Å². The predicted octanol–water partition coefficient (Wildman–Crippen LogP) is 4.27. The van der Waals surface area contributed by atoms with Crippen molar-refractivity contribution in [1.82, 2.24) is 10.2 Å². The van der Waals surface area contributed by atoms with Crippen molar-refractivity contribution < 1.29 is 9.18 Å². The lowest BCUT2D eigenvalue weighted by atomic mass is 10.1. The van der Waals surface area contributed by atoms with Crippen LogP contribution in [0, 0.1) is 5.82 Å². The van der Waals surface area contributed by atoms with E-state index < -0.39 is 6.04 Å². The van der Waals surface area contributed by atoms with Crippen LogP contribution in [0.2, 0.25) is 10.0 Å². The van der Waals surface area contributed by atoms with E-state index in [1.807, 2.05) is 12.1 Å². The molecule has 3 nitrogen and oxygen atoms in total. The molecule has 0 bridgehead atoms. The van der Waals surface area contributed by atoms with Crippen LogP contribution < -0.4 is 5.32 Å². The molecule has 2 aromatic carbocycles. The SMILES string of the molecule is CC(C(=O)NCc1ccc(Cl)cc1)N(C)Cc1c(F)cccc1Cl. The number of nitrogens with zero attached hydrogens (tertiary/aromatic N) is 1. The highest BCUT2D eigenvalue weighted by Gasteiger charge is 2.20. The van der Waals surface area contributed by atoms with Gasteiger partial charge in [-0.3, -0.25) is 9.69 Å². The summed E-state index contributed by atoms with van der Waals surface area (Å²) < 4.78 is 13.9. The van der Waals surface area contributed by atoms with Gasteiger partial charge >= 0.3 is 0 Å². The molecule has 1 N–H and O–H groups in total. The van der Waals surface area contributed by atoms with Crippen molar-refractivity contribution in [3.63, 3.8) is 0 Å². The van der Waals surface area contributed by atoms with Gasteiger partial charge in [0.15, 0.2) is 0 Å². The molecule has 0 aliphatic heterocycles. The second-order valence-electron chi connectivity index (χ2n) is 5.64. The lowest BCUT2D eigenvalue weighted by Gasteiger charge is -2.24. The number of carbonyl (C=O) groups excluding carboxylic acids is 1. The smallest absolute Gasteiger partial charge is 0.237 e. The van der Waals surface area contributed by atoms with Gasteiger partial charge in [-0.05, 0) is 43.8 Å². The Morgan fingerprint density at radius 3 is 2.50 bits per heavy atom. The molecule has 128 valence electrons. The predicted molar refractivity (Wildman–Crippen MR) is 95.6 cm³/mol. The molecule has 0 saturated carbocycles. The van der Waals surface area contributed by atoms with Crippen LogP contribution in [0.5, 0.6) is 0 Å².